The van der Waals surface area contributed by atoms with Gasteiger partial charge in [0, 0.05) is 0 Å². The average molecular weight is 300 g/mol. The Labute approximate surface area is 109 Å². The van der Waals surface area contributed by atoms with Crippen LogP contribution in [0.15, 0.2) is 12.7 Å². The molecule has 0 aromatic rings. The molecule has 1 unspecified atom stereocenters. The van der Waals surface area contributed by atoms with E-state index in [1.54, 1.807) is 0 Å². The fourth-order valence-corrected chi connectivity index (χ4v) is 1.47. The van der Waals surface area contributed by atoms with Gasteiger partial charge in [0.15, 0.2) is 6.10 Å². The lowest BCUT2D eigenvalue weighted by Crippen LogP contribution is -2.41. The first-order chi connectivity index (χ1) is 8.73. The van der Waals surface area contributed by atoms with Gasteiger partial charge in [-0.05, 0) is 6.42 Å². The Morgan fingerprint density at radius 1 is 1.53 bits per heavy atom. The van der Waals surface area contributed by atoms with Crippen LogP contribution in [0.5, 0.6) is 0 Å². The Hall–Kier alpha value is -0.810. The summed E-state index contributed by atoms with van der Waals surface area (Å²) >= 11 is 0. The van der Waals surface area contributed by atoms with Gasteiger partial charge in [-0.25, -0.2) is 4.57 Å². The van der Waals surface area contributed by atoms with Crippen molar-refractivity contribution < 1.29 is 37.1 Å². The van der Waals surface area contributed by atoms with Gasteiger partial charge < -0.3 is 19.3 Å². The lowest BCUT2D eigenvalue weighted by atomic mass is 10.3. The second-order valence-corrected chi connectivity index (χ2v) is 4.48. The van der Waals surface area contributed by atoms with Crippen molar-refractivity contribution in [1.82, 2.24) is 0 Å². The van der Waals surface area contributed by atoms with Crippen LogP contribution in [0.4, 0.5) is 8.78 Å². The van der Waals surface area contributed by atoms with E-state index in [1.807, 2.05) is 5.92 Å². The molecule has 0 rings (SSSR count). The van der Waals surface area contributed by atoms with E-state index in [9.17, 15) is 13.3 Å². The van der Waals surface area contributed by atoms with Gasteiger partial charge in [-0.1, -0.05) is 12.0 Å². The van der Waals surface area contributed by atoms with Crippen LogP contribution in [0.3, 0.4) is 0 Å². The standard InChI is InChI=1S/C10H15F2O6P/c1-3-5-7-17-10(11,12)9(8-16-6-4-2)18-19(13,14)15/h2-3,9H,1,5-8H2,(H2,13,14,15). The summed E-state index contributed by atoms with van der Waals surface area (Å²) in [5.74, 6) is 2.02. The van der Waals surface area contributed by atoms with Crippen LogP contribution in [0.25, 0.3) is 0 Å². The van der Waals surface area contributed by atoms with E-state index in [1.165, 1.54) is 6.08 Å². The highest BCUT2D eigenvalue weighted by atomic mass is 31.2. The Kier molecular flexibility index (Phi) is 8.02. The van der Waals surface area contributed by atoms with Crippen molar-refractivity contribution in [2.45, 2.75) is 18.6 Å². The van der Waals surface area contributed by atoms with Crippen LogP contribution in [-0.2, 0) is 18.6 Å². The summed E-state index contributed by atoms with van der Waals surface area (Å²) in [5, 5.41) is 0. The molecule has 9 heteroatoms. The van der Waals surface area contributed by atoms with Crippen LogP contribution >= 0.6 is 7.82 Å². The SMILES string of the molecule is C#CCOCC(OP(=O)(O)O)C(F)(F)OCCC=C. The molecule has 6 nitrogen and oxygen atoms in total. The Morgan fingerprint density at radius 2 is 2.16 bits per heavy atom. The number of hydrogen-bond acceptors (Lipinski definition) is 4. The highest BCUT2D eigenvalue weighted by molar-refractivity contribution is 7.46. The minimum atomic E-state index is -5.12. The maximum absolute atomic E-state index is 13.5. The van der Waals surface area contributed by atoms with Crippen LogP contribution in [0, 0.1) is 12.3 Å². The van der Waals surface area contributed by atoms with Crippen LogP contribution in [0.2, 0.25) is 0 Å². The molecule has 0 saturated heterocycles. The first-order valence-corrected chi connectivity index (χ1v) is 6.63. The second kappa shape index (κ2) is 8.38. The summed E-state index contributed by atoms with van der Waals surface area (Å²) in [7, 11) is -5.12. The molecule has 0 aliphatic heterocycles. The molecule has 0 heterocycles. The third-order valence-corrected chi connectivity index (χ3v) is 2.24. The molecule has 1 atom stereocenters. The Bertz CT molecular complexity index is 362. The van der Waals surface area contributed by atoms with Gasteiger partial charge in [-0.3, -0.25) is 4.52 Å². The summed E-state index contributed by atoms with van der Waals surface area (Å²) in [5.41, 5.74) is 0. The van der Waals surface area contributed by atoms with Gasteiger partial charge in [0.1, 0.15) is 6.61 Å². The van der Waals surface area contributed by atoms with Gasteiger partial charge in [0.25, 0.3) is 0 Å². The van der Waals surface area contributed by atoms with Gasteiger partial charge in [-0.15, -0.1) is 13.0 Å². The lowest BCUT2D eigenvalue weighted by Gasteiger charge is -2.26. The van der Waals surface area contributed by atoms with Crippen molar-refractivity contribution >= 4 is 7.82 Å². The fraction of sp³-hybridized carbons (Fsp3) is 0.600. The van der Waals surface area contributed by atoms with E-state index in [-0.39, 0.29) is 19.6 Å². The summed E-state index contributed by atoms with van der Waals surface area (Å²) < 4.78 is 50.4. The van der Waals surface area contributed by atoms with Crippen LogP contribution in [0.1, 0.15) is 6.42 Å². The number of terminal acetylenes is 1. The molecule has 0 aliphatic carbocycles. The number of alkyl halides is 2. The number of phosphoric acid groups is 1. The highest BCUT2D eigenvalue weighted by Crippen LogP contribution is 2.41. The normalized spacial score (nSPS) is 13.8. The quantitative estimate of drug-likeness (QED) is 0.274. The molecule has 0 saturated carbocycles. The molecule has 0 aliphatic rings. The molecule has 0 spiro atoms. The van der Waals surface area contributed by atoms with Gasteiger partial charge >= 0.3 is 13.9 Å². The molecule has 0 amide bonds. The van der Waals surface area contributed by atoms with E-state index in [0.717, 1.165) is 0 Å². The molecule has 0 bridgehead atoms. The molecule has 0 radical (unpaired) electrons. The molecule has 0 aromatic carbocycles. The van der Waals surface area contributed by atoms with Crippen LogP contribution in [-0.4, -0.2) is 41.8 Å². The number of halogens is 2. The van der Waals surface area contributed by atoms with Crippen molar-refractivity contribution in [3.05, 3.63) is 12.7 Å². The molecule has 0 aromatic heterocycles. The molecular formula is C10H15F2O6P. The molecule has 19 heavy (non-hydrogen) atoms. The van der Waals surface area contributed by atoms with E-state index < -0.39 is 26.6 Å². The third-order valence-electron chi connectivity index (χ3n) is 1.71. The Morgan fingerprint density at radius 3 is 2.63 bits per heavy atom. The smallest absolute Gasteiger partial charge is 0.366 e. The monoisotopic (exact) mass is 300 g/mol. The van der Waals surface area contributed by atoms with E-state index in [0.29, 0.717) is 0 Å². The first kappa shape index (κ1) is 18.2. The average Bonchev–Trinajstić information content (AvgIpc) is 2.26. The predicted molar refractivity (Wildman–Crippen MR) is 62.3 cm³/mol. The number of phosphoric ester groups is 1. The molecule has 0 fully saturated rings. The Balaban J connectivity index is 4.63. The van der Waals surface area contributed by atoms with E-state index in [2.05, 4.69) is 20.6 Å². The van der Waals surface area contributed by atoms with Crippen molar-refractivity contribution in [2.24, 2.45) is 0 Å². The summed E-state index contributed by atoms with van der Waals surface area (Å²) in [6.07, 6.45) is 0.140. The molecule has 110 valence electrons. The van der Waals surface area contributed by atoms with Crippen molar-refractivity contribution in [3.8, 4) is 12.3 Å². The zero-order valence-electron chi connectivity index (χ0n) is 10.00. The van der Waals surface area contributed by atoms with Crippen molar-refractivity contribution in [3.63, 3.8) is 0 Å². The van der Waals surface area contributed by atoms with Gasteiger partial charge in [-0.2, -0.15) is 8.78 Å². The minimum Gasteiger partial charge on any atom is -0.366 e. The van der Waals surface area contributed by atoms with Crippen molar-refractivity contribution in [2.75, 3.05) is 19.8 Å². The third kappa shape index (κ3) is 8.83. The maximum atomic E-state index is 13.5. The van der Waals surface area contributed by atoms with Crippen LogP contribution < -0.4 is 0 Å². The minimum absolute atomic E-state index is 0.142. The summed E-state index contributed by atoms with van der Waals surface area (Å²) in [6, 6.07) is 0. The first-order valence-electron chi connectivity index (χ1n) is 5.10. The predicted octanol–water partition coefficient (Wildman–Crippen LogP) is 1.30. The van der Waals surface area contributed by atoms with E-state index in [4.69, 9.17) is 16.2 Å². The molecule has 2 N–H and O–H groups in total. The topological polar surface area (TPSA) is 85.2 Å². The number of hydrogen-bond donors (Lipinski definition) is 2. The largest absolute Gasteiger partial charge is 0.470 e. The van der Waals surface area contributed by atoms with Crippen molar-refractivity contribution in [1.29, 1.82) is 0 Å². The van der Waals surface area contributed by atoms with Gasteiger partial charge in [0.05, 0.1) is 13.2 Å². The zero-order valence-corrected chi connectivity index (χ0v) is 10.9. The maximum Gasteiger partial charge on any atom is 0.470 e. The lowest BCUT2D eigenvalue weighted by molar-refractivity contribution is -0.290. The van der Waals surface area contributed by atoms with Gasteiger partial charge in [0.2, 0.25) is 0 Å². The highest BCUT2D eigenvalue weighted by Gasteiger charge is 2.45. The second-order valence-electron chi connectivity index (χ2n) is 3.29. The zero-order chi connectivity index (χ0) is 14.9. The summed E-state index contributed by atoms with van der Waals surface area (Å²) in [6.45, 7) is 1.81. The summed E-state index contributed by atoms with van der Waals surface area (Å²) in [4.78, 5) is 17.1. The van der Waals surface area contributed by atoms with E-state index >= 15 is 0 Å². The number of ether oxygens (including phenoxy) is 2. The molecular weight excluding hydrogens is 285 g/mol. The fourth-order valence-electron chi connectivity index (χ4n) is 0.951. The number of rotatable bonds is 10.